The first-order valence-electron chi connectivity index (χ1n) is 5.54. The Morgan fingerprint density at radius 3 is 3.06 bits per heavy atom. The first kappa shape index (κ1) is 11.0. The molecule has 2 rings (SSSR count). The maximum atomic E-state index is 5.47. The molecular weight excluding hydrogens is 202 g/mol. The fourth-order valence-electron chi connectivity index (χ4n) is 1.62. The number of hydrogen-bond acceptors (Lipinski definition) is 3. The van der Waals surface area contributed by atoms with Gasteiger partial charge in [0, 0.05) is 18.3 Å². The third-order valence-corrected chi connectivity index (χ3v) is 2.47. The summed E-state index contributed by atoms with van der Waals surface area (Å²) in [5.74, 6) is 0.976. The number of furan rings is 1. The van der Waals surface area contributed by atoms with Crippen molar-refractivity contribution in [1.82, 2.24) is 15.1 Å². The Hall–Kier alpha value is -1.55. The van der Waals surface area contributed by atoms with E-state index in [1.807, 2.05) is 30.1 Å². The SMILES string of the molecule is CCNCc1ccoc1Cn1cc(C)cn1. The predicted octanol–water partition coefficient (Wildman–Crippen LogP) is 1.94. The highest BCUT2D eigenvalue weighted by molar-refractivity contribution is 5.17. The van der Waals surface area contributed by atoms with E-state index in [1.54, 1.807) is 6.26 Å². The van der Waals surface area contributed by atoms with Crippen molar-refractivity contribution in [1.29, 1.82) is 0 Å². The van der Waals surface area contributed by atoms with Gasteiger partial charge in [0.1, 0.15) is 5.76 Å². The topological polar surface area (TPSA) is 43.0 Å². The van der Waals surface area contributed by atoms with Gasteiger partial charge in [-0.2, -0.15) is 5.10 Å². The Morgan fingerprint density at radius 1 is 1.50 bits per heavy atom. The van der Waals surface area contributed by atoms with E-state index in [9.17, 15) is 0 Å². The standard InChI is InChI=1S/C12H17N3O/c1-3-13-7-11-4-5-16-12(11)9-15-8-10(2)6-14-15/h4-6,8,13H,3,7,9H2,1-2H3. The van der Waals surface area contributed by atoms with E-state index in [4.69, 9.17) is 4.42 Å². The van der Waals surface area contributed by atoms with Crippen LogP contribution in [0.3, 0.4) is 0 Å². The average molecular weight is 219 g/mol. The molecule has 0 amide bonds. The highest BCUT2D eigenvalue weighted by Crippen LogP contribution is 2.12. The number of aromatic nitrogens is 2. The molecule has 0 aromatic carbocycles. The highest BCUT2D eigenvalue weighted by atomic mass is 16.3. The zero-order valence-electron chi connectivity index (χ0n) is 9.73. The molecule has 86 valence electrons. The quantitative estimate of drug-likeness (QED) is 0.835. The van der Waals surface area contributed by atoms with Crippen molar-refractivity contribution in [2.24, 2.45) is 0 Å². The summed E-state index contributed by atoms with van der Waals surface area (Å²) in [7, 11) is 0. The van der Waals surface area contributed by atoms with Crippen LogP contribution in [-0.2, 0) is 13.1 Å². The fourth-order valence-corrected chi connectivity index (χ4v) is 1.62. The number of nitrogens with zero attached hydrogens (tertiary/aromatic N) is 2. The molecule has 2 heterocycles. The van der Waals surface area contributed by atoms with Crippen LogP contribution in [0.4, 0.5) is 0 Å². The summed E-state index contributed by atoms with van der Waals surface area (Å²) in [6, 6.07) is 2.01. The average Bonchev–Trinajstić information content (AvgIpc) is 2.86. The monoisotopic (exact) mass is 219 g/mol. The van der Waals surface area contributed by atoms with Crippen molar-refractivity contribution >= 4 is 0 Å². The summed E-state index contributed by atoms with van der Waals surface area (Å²) < 4.78 is 7.37. The molecular formula is C12H17N3O. The Balaban J connectivity index is 2.06. The van der Waals surface area contributed by atoms with Crippen molar-refractivity contribution in [3.05, 3.63) is 41.6 Å². The van der Waals surface area contributed by atoms with Crippen molar-refractivity contribution in [3.8, 4) is 0 Å². The third-order valence-electron chi connectivity index (χ3n) is 2.47. The molecule has 0 unspecified atom stereocenters. The van der Waals surface area contributed by atoms with Gasteiger partial charge in [0.05, 0.1) is 19.0 Å². The van der Waals surface area contributed by atoms with E-state index in [2.05, 4.69) is 17.3 Å². The van der Waals surface area contributed by atoms with Crippen molar-refractivity contribution in [2.75, 3.05) is 6.54 Å². The van der Waals surface area contributed by atoms with E-state index >= 15 is 0 Å². The molecule has 0 fully saturated rings. The number of hydrogen-bond donors (Lipinski definition) is 1. The Labute approximate surface area is 95.3 Å². The summed E-state index contributed by atoms with van der Waals surface area (Å²) in [5.41, 5.74) is 2.37. The molecule has 4 heteroatoms. The second kappa shape index (κ2) is 4.99. The van der Waals surface area contributed by atoms with Crippen LogP contribution in [0.2, 0.25) is 0 Å². The Kier molecular flexibility index (Phi) is 3.41. The molecule has 0 atom stereocenters. The van der Waals surface area contributed by atoms with Gasteiger partial charge in [0.15, 0.2) is 0 Å². The van der Waals surface area contributed by atoms with E-state index in [0.717, 1.165) is 18.8 Å². The van der Waals surface area contributed by atoms with Gasteiger partial charge in [0.2, 0.25) is 0 Å². The summed E-state index contributed by atoms with van der Waals surface area (Å²) in [4.78, 5) is 0. The van der Waals surface area contributed by atoms with Crippen LogP contribution < -0.4 is 5.32 Å². The summed E-state index contributed by atoms with van der Waals surface area (Å²) in [5, 5.41) is 7.54. The molecule has 16 heavy (non-hydrogen) atoms. The predicted molar refractivity (Wildman–Crippen MR) is 62.2 cm³/mol. The lowest BCUT2D eigenvalue weighted by molar-refractivity contribution is 0.473. The van der Waals surface area contributed by atoms with Gasteiger partial charge >= 0.3 is 0 Å². The van der Waals surface area contributed by atoms with E-state index in [0.29, 0.717) is 6.54 Å². The molecule has 0 aliphatic carbocycles. The largest absolute Gasteiger partial charge is 0.467 e. The minimum absolute atomic E-state index is 0.696. The third kappa shape index (κ3) is 2.52. The van der Waals surface area contributed by atoms with Gasteiger partial charge in [-0.15, -0.1) is 0 Å². The lowest BCUT2D eigenvalue weighted by atomic mass is 10.2. The number of nitrogens with one attached hydrogen (secondary N) is 1. The number of rotatable bonds is 5. The van der Waals surface area contributed by atoms with E-state index in [-0.39, 0.29) is 0 Å². The van der Waals surface area contributed by atoms with Crippen LogP contribution in [0, 0.1) is 6.92 Å². The summed E-state index contributed by atoms with van der Waals surface area (Å²) in [6.45, 7) is 6.64. The molecule has 0 spiro atoms. The van der Waals surface area contributed by atoms with Crippen LogP contribution in [0.25, 0.3) is 0 Å². The Morgan fingerprint density at radius 2 is 2.38 bits per heavy atom. The molecule has 2 aromatic rings. The molecule has 0 aliphatic heterocycles. The van der Waals surface area contributed by atoms with Crippen LogP contribution in [0.15, 0.2) is 29.1 Å². The second-order valence-electron chi connectivity index (χ2n) is 3.86. The molecule has 0 aliphatic rings. The van der Waals surface area contributed by atoms with Gasteiger partial charge in [-0.3, -0.25) is 4.68 Å². The zero-order valence-corrected chi connectivity index (χ0v) is 9.73. The maximum absolute atomic E-state index is 5.47. The smallest absolute Gasteiger partial charge is 0.129 e. The van der Waals surface area contributed by atoms with E-state index in [1.165, 1.54) is 11.1 Å². The second-order valence-corrected chi connectivity index (χ2v) is 3.86. The first-order chi connectivity index (χ1) is 7.79. The normalized spacial score (nSPS) is 10.9. The van der Waals surface area contributed by atoms with Gasteiger partial charge in [-0.1, -0.05) is 6.92 Å². The molecule has 0 bridgehead atoms. The molecule has 1 N–H and O–H groups in total. The van der Waals surface area contributed by atoms with Gasteiger partial charge in [-0.05, 0) is 25.1 Å². The van der Waals surface area contributed by atoms with E-state index < -0.39 is 0 Å². The highest BCUT2D eigenvalue weighted by Gasteiger charge is 2.06. The summed E-state index contributed by atoms with van der Waals surface area (Å²) in [6.07, 6.45) is 5.60. The van der Waals surface area contributed by atoms with Gasteiger partial charge in [-0.25, -0.2) is 0 Å². The van der Waals surface area contributed by atoms with Crippen molar-refractivity contribution in [2.45, 2.75) is 26.9 Å². The van der Waals surface area contributed by atoms with Crippen LogP contribution >= 0.6 is 0 Å². The van der Waals surface area contributed by atoms with Gasteiger partial charge in [0.25, 0.3) is 0 Å². The van der Waals surface area contributed by atoms with Crippen LogP contribution in [0.1, 0.15) is 23.8 Å². The molecule has 0 saturated heterocycles. The molecule has 0 radical (unpaired) electrons. The van der Waals surface area contributed by atoms with Crippen molar-refractivity contribution < 1.29 is 4.42 Å². The van der Waals surface area contributed by atoms with Crippen molar-refractivity contribution in [3.63, 3.8) is 0 Å². The van der Waals surface area contributed by atoms with Gasteiger partial charge < -0.3 is 9.73 Å². The molecule has 2 aromatic heterocycles. The molecule has 4 nitrogen and oxygen atoms in total. The Bertz CT molecular complexity index is 445. The first-order valence-corrected chi connectivity index (χ1v) is 5.54. The molecule has 0 saturated carbocycles. The van der Waals surface area contributed by atoms with Crippen LogP contribution in [0.5, 0.6) is 0 Å². The summed E-state index contributed by atoms with van der Waals surface area (Å²) >= 11 is 0. The lowest BCUT2D eigenvalue weighted by Gasteiger charge is -2.03. The minimum Gasteiger partial charge on any atom is -0.467 e. The lowest BCUT2D eigenvalue weighted by Crippen LogP contribution is -2.13. The fraction of sp³-hybridized carbons (Fsp3) is 0.417. The maximum Gasteiger partial charge on any atom is 0.129 e. The number of aryl methyl sites for hydroxylation is 1. The van der Waals surface area contributed by atoms with Crippen LogP contribution in [-0.4, -0.2) is 16.3 Å². The minimum atomic E-state index is 0.696. The zero-order chi connectivity index (χ0) is 11.4.